The third-order valence-electron chi connectivity index (χ3n) is 1.66. The van der Waals surface area contributed by atoms with Crippen LogP contribution in [0, 0.1) is 6.92 Å². The Kier molecular flexibility index (Phi) is 4.74. The Morgan fingerprint density at radius 3 is 2.67 bits per heavy atom. The molecule has 70 valence electrons. The predicted octanol–water partition coefficient (Wildman–Crippen LogP) is 2.00. The van der Waals surface area contributed by atoms with Crippen molar-refractivity contribution in [2.24, 2.45) is 0 Å². The van der Waals surface area contributed by atoms with E-state index in [1.807, 2.05) is 17.7 Å². The van der Waals surface area contributed by atoms with Crippen LogP contribution in [0.25, 0.3) is 0 Å². The lowest BCUT2D eigenvalue weighted by atomic mass is 10.3. The number of anilines is 1. The predicted molar refractivity (Wildman–Crippen MR) is 53.5 cm³/mol. The van der Waals surface area contributed by atoms with E-state index < -0.39 is 0 Å². The fourth-order valence-electron chi connectivity index (χ4n) is 1.05. The number of hydrogen-bond acceptors (Lipinski definition) is 2. The zero-order valence-electron chi connectivity index (χ0n) is 7.58. The van der Waals surface area contributed by atoms with Crippen molar-refractivity contribution in [3.8, 4) is 0 Å². The van der Waals surface area contributed by atoms with E-state index in [-0.39, 0.29) is 12.4 Å². The summed E-state index contributed by atoms with van der Waals surface area (Å²) in [5.74, 6) is 0.774. The topological polar surface area (TPSA) is 43.8 Å². The highest BCUT2D eigenvalue weighted by Crippen LogP contribution is 2.06. The van der Waals surface area contributed by atoms with Gasteiger partial charge < -0.3 is 5.73 Å². The molecular formula is C8H16ClN3. The van der Waals surface area contributed by atoms with E-state index in [0.29, 0.717) is 0 Å². The molecular weight excluding hydrogens is 174 g/mol. The molecule has 2 N–H and O–H groups in total. The van der Waals surface area contributed by atoms with Crippen molar-refractivity contribution in [2.75, 3.05) is 5.73 Å². The molecule has 0 bridgehead atoms. The second kappa shape index (κ2) is 5.04. The van der Waals surface area contributed by atoms with Gasteiger partial charge in [-0.25, -0.2) is 4.68 Å². The van der Waals surface area contributed by atoms with E-state index in [4.69, 9.17) is 5.73 Å². The maximum atomic E-state index is 5.68. The molecule has 1 aromatic rings. The van der Waals surface area contributed by atoms with Crippen LogP contribution in [-0.2, 0) is 6.54 Å². The summed E-state index contributed by atoms with van der Waals surface area (Å²) in [5.41, 5.74) is 6.68. The first-order valence-corrected chi connectivity index (χ1v) is 4.04. The van der Waals surface area contributed by atoms with Crippen LogP contribution in [0.1, 0.15) is 25.5 Å². The van der Waals surface area contributed by atoms with Crippen molar-refractivity contribution in [2.45, 2.75) is 33.2 Å². The van der Waals surface area contributed by atoms with Crippen LogP contribution < -0.4 is 5.73 Å². The number of halogens is 1. The minimum Gasteiger partial charge on any atom is -0.384 e. The molecule has 0 atom stereocenters. The van der Waals surface area contributed by atoms with E-state index in [0.717, 1.165) is 24.5 Å². The number of rotatable bonds is 3. The fraction of sp³-hybridized carbons (Fsp3) is 0.625. The zero-order valence-corrected chi connectivity index (χ0v) is 8.40. The van der Waals surface area contributed by atoms with Gasteiger partial charge in [0.2, 0.25) is 0 Å². The average molecular weight is 190 g/mol. The summed E-state index contributed by atoms with van der Waals surface area (Å²) in [5, 5.41) is 4.24. The van der Waals surface area contributed by atoms with Gasteiger partial charge in [-0.05, 0) is 13.3 Å². The Morgan fingerprint density at radius 1 is 1.58 bits per heavy atom. The highest BCUT2D eigenvalue weighted by Gasteiger charge is 1.98. The lowest BCUT2D eigenvalue weighted by Gasteiger charge is -2.00. The van der Waals surface area contributed by atoms with Crippen LogP contribution in [0.4, 0.5) is 5.82 Å². The monoisotopic (exact) mass is 189 g/mol. The van der Waals surface area contributed by atoms with Crippen molar-refractivity contribution < 1.29 is 0 Å². The number of hydrogen-bond donors (Lipinski definition) is 1. The van der Waals surface area contributed by atoms with E-state index in [2.05, 4.69) is 12.0 Å². The number of nitrogens with zero attached hydrogens (tertiary/aromatic N) is 2. The molecule has 1 rings (SSSR count). The van der Waals surface area contributed by atoms with Crippen LogP contribution in [0.2, 0.25) is 0 Å². The number of nitrogens with two attached hydrogens (primary N) is 1. The van der Waals surface area contributed by atoms with E-state index in [9.17, 15) is 0 Å². The molecule has 1 heterocycles. The average Bonchev–Trinajstić information content (AvgIpc) is 2.26. The van der Waals surface area contributed by atoms with E-state index in [1.165, 1.54) is 6.42 Å². The molecule has 0 radical (unpaired) electrons. The highest BCUT2D eigenvalue weighted by molar-refractivity contribution is 5.85. The summed E-state index contributed by atoms with van der Waals surface area (Å²) in [6, 6.07) is 1.90. The molecule has 0 saturated carbocycles. The maximum absolute atomic E-state index is 5.68. The lowest BCUT2D eigenvalue weighted by Crippen LogP contribution is -2.04. The smallest absolute Gasteiger partial charge is 0.121 e. The number of nitrogen functional groups attached to an aromatic ring is 1. The maximum Gasteiger partial charge on any atom is 0.121 e. The molecule has 3 nitrogen and oxygen atoms in total. The Balaban J connectivity index is 0.00000121. The van der Waals surface area contributed by atoms with Gasteiger partial charge in [-0.1, -0.05) is 13.3 Å². The van der Waals surface area contributed by atoms with Crippen molar-refractivity contribution in [3.63, 3.8) is 0 Å². The van der Waals surface area contributed by atoms with Crippen LogP contribution in [-0.4, -0.2) is 9.78 Å². The van der Waals surface area contributed by atoms with Gasteiger partial charge in [0.05, 0.1) is 5.69 Å². The second-order valence-corrected chi connectivity index (χ2v) is 2.79. The van der Waals surface area contributed by atoms with Gasteiger partial charge in [-0.3, -0.25) is 0 Å². The summed E-state index contributed by atoms with van der Waals surface area (Å²) in [7, 11) is 0. The number of aromatic nitrogens is 2. The number of aryl methyl sites for hydroxylation is 2. The SMILES string of the molecule is CCCCn1nc(C)cc1N.Cl. The summed E-state index contributed by atoms with van der Waals surface area (Å²) in [4.78, 5) is 0. The zero-order chi connectivity index (χ0) is 8.27. The molecule has 4 heteroatoms. The van der Waals surface area contributed by atoms with Crippen LogP contribution in [0.3, 0.4) is 0 Å². The Hall–Kier alpha value is -0.700. The second-order valence-electron chi connectivity index (χ2n) is 2.79. The Morgan fingerprint density at radius 2 is 2.25 bits per heavy atom. The minimum absolute atomic E-state index is 0. The van der Waals surface area contributed by atoms with Crippen molar-refractivity contribution in [1.82, 2.24) is 9.78 Å². The molecule has 0 aliphatic carbocycles. The molecule has 12 heavy (non-hydrogen) atoms. The van der Waals surface area contributed by atoms with E-state index >= 15 is 0 Å². The van der Waals surface area contributed by atoms with Gasteiger partial charge in [-0.15, -0.1) is 12.4 Å². The van der Waals surface area contributed by atoms with Gasteiger partial charge in [0.25, 0.3) is 0 Å². The van der Waals surface area contributed by atoms with Crippen molar-refractivity contribution in [1.29, 1.82) is 0 Å². The summed E-state index contributed by atoms with van der Waals surface area (Å²) in [6.07, 6.45) is 2.32. The quantitative estimate of drug-likeness (QED) is 0.791. The summed E-state index contributed by atoms with van der Waals surface area (Å²) < 4.78 is 1.86. The van der Waals surface area contributed by atoms with Gasteiger partial charge in [-0.2, -0.15) is 5.10 Å². The highest BCUT2D eigenvalue weighted by atomic mass is 35.5. The first kappa shape index (κ1) is 11.3. The van der Waals surface area contributed by atoms with Gasteiger partial charge in [0.15, 0.2) is 0 Å². The molecule has 0 amide bonds. The van der Waals surface area contributed by atoms with Gasteiger partial charge in [0, 0.05) is 12.6 Å². The van der Waals surface area contributed by atoms with Crippen LogP contribution in [0.15, 0.2) is 6.07 Å². The third kappa shape index (κ3) is 2.74. The lowest BCUT2D eigenvalue weighted by molar-refractivity contribution is 0.575. The molecule has 0 aliphatic rings. The Labute approximate surface area is 79.4 Å². The van der Waals surface area contributed by atoms with Gasteiger partial charge >= 0.3 is 0 Å². The van der Waals surface area contributed by atoms with Crippen molar-refractivity contribution in [3.05, 3.63) is 11.8 Å². The molecule has 0 unspecified atom stereocenters. The Bertz CT molecular complexity index is 232. The largest absolute Gasteiger partial charge is 0.384 e. The third-order valence-corrected chi connectivity index (χ3v) is 1.66. The molecule has 0 saturated heterocycles. The first-order valence-electron chi connectivity index (χ1n) is 4.04. The minimum atomic E-state index is 0. The normalized spacial score (nSPS) is 9.50. The van der Waals surface area contributed by atoms with Crippen molar-refractivity contribution >= 4 is 18.2 Å². The molecule has 1 aromatic heterocycles. The molecule has 0 fully saturated rings. The molecule has 0 aromatic carbocycles. The molecule has 0 spiro atoms. The van der Waals surface area contributed by atoms with Crippen LogP contribution in [0.5, 0.6) is 0 Å². The first-order chi connectivity index (χ1) is 5.24. The molecule has 0 aliphatic heterocycles. The summed E-state index contributed by atoms with van der Waals surface area (Å²) >= 11 is 0. The summed E-state index contributed by atoms with van der Waals surface area (Å²) in [6.45, 7) is 5.06. The van der Waals surface area contributed by atoms with Gasteiger partial charge in [0.1, 0.15) is 5.82 Å². The standard InChI is InChI=1S/C8H15N3.ClH/c1-3-4-5-11-8(9)6-7(2)10-11;/h6H,3-5,9H2,1-2H3;1H. The number of unbranched alkanes of at least 4 members (excludes halogenated alkanes) is 1. The van der Waals surface area contributed by atoms with Crippen LogP contribution >= 0.6 is 12.4 Å². The fourth-order valence-corrected chi connectivity index (χ4v) is 1.05. The van der Waals surface area contributed by atoms with E-state index in [1.54, 1.807) is 0 Å².